The maximum absolute atomic E-state index is 15.3. The molecule has 18 atom stereocenters. The maximum Gasteiger partial charge on any atom is 0.193 e. The van der Waals surface area contributed by atoms with Crippen molar-refractivity contribution in [1.82, 2.24) is 0 Å². The summed E-state index contributed by atoms with van der Waals surface area (Å²) >= 11 is 2.52. The van der Waals surface area contributed by atoms with E-state index in [0.29, 0.717) is 25.9 Å². The average Bonchev–Trinajstić information content (AvgIpc) is 1.04. The van der Waals surface area contributed by atoms with Crippen LogP contribution in [0.1, 0.15) is 194 Å². The highest BCUT2D eigenvalue weighted by Crippen LogP contribution is 2.50. The van der Waals surface area contributed by atoms with Crippen molar-refractivity contribution in [3.8, 4) is 0 Å². The van der Waals surface area contributed by atoms with Crippen molar-refractivity contribution in [3.05, 3.63) is 24.3 Å². The highest BCUT2D eigenvalue weighted by atomic mass is 127. The predicted molar refractivity (Wildman–Crippen MR) is 385 cm³/mol. The summed E-state index contributed by atoms with van der Waals surface area (Å²) in [6.45, 7) is 64.8. The van der Waals surface area contributed by atoms with Crippen molar-refractivity contribution >= 4 is 70.0 Å². The van der Waals surface area contributed by atoms with Gasteiger partial charge >= 0.3 is 0 Å². The first-order valence-electron chi connectivity index (χ1n) is 34.8. The Kier molecular flexibility index (Phi) is 26.0. The smallest absolute Gasteiger partial charge is 0.193 e. The Balaban J connectivity index is 1.44. The summed E-state index contributed by atoms with van der Waals surface area (Å²) in [7, 11) is -10.3. The lowest BCUT2D eigenvalue weighted by molar-refractivity contribution is -0.266. The zero-order chi connectivity index (χ0) is 67.3. The quantitative estimate of drug-likeness (QED) is 0.0721. The largest absolute Gasteiger partial charge is 0.414 e. The third kappa shape index (κ3) is 19.0. The molecule has 518 valence electrons. The first-order chi connectivity index (χ1) is 40.5. The molecule has 13 nitrogen and oxygen atoms in total. The second kappa shape index (κ2) is 29.5. The van der Waals surface area contributed by atoms with Crippen molar-refractivity contribution in [1.29, 1.82) is 0 Å². The van der Waals surface area contributed by atoms with Gasteiger partial charge in [0.05, 0.1) is 73.8 Å². The van der Waals surface area contributed by atoms with Crippen molar-refractivity contribution in [2.24, 2.45) is 11.8 Å². The van der Waals surface area contributed by atoms with Crippen LogP contribution in [0.25, 0.3) is 0 Å². The van der Waals surface area contributed by atoms with Gasteiger partial charge in [-0.05, 0) is 154 Å². The number of rotatable bonds is 15. The van der Waals surface area contributed by atoms with Gasteiger partial charge in [-0.2, -0.15) is 0 Å². The standard InChI is InChI=1S/C70H133IO13Si5/c1-46-38-50-35-37-59-70(45-71,80-50)43-51(76-59)32-30-29-31-33-56(82-87(23,24)67(9,10)11)62-64(84-89(27,28)69(15,16)17)63(83-88(25,26)68(12,13)14)61-55(79-62)36-34-49(77-61)39-48(72)40-53-57(42-54(73)47(46)2)78-58(60(53)74-18)41-52(81-86(21,22)66(6,7)8)44-75-85(19,20)65(3,4)5/h31,33,46,49-64,73H,2,29-30,32,34-45H2,1,3-28H3/b33-31+/t46-,49?,50?,51?,52+,53+,54-,55+,56?,57+,58?,59+,60-,61+,62+,63?,64?,70?/m1/s1. The molecule has 0 saturated carbocycles. The summed E-state index contributed by atoms with van der Waals surface area (Å²) in [6, 6.07) is 0. The Bertz CT molecular complexity index is 2350. The second-order valence-electron chi connectivity index (χ2n) is 36.1. The van der Waals surface area contributed by atoms with Gasteiger partial charge < -0.3 is 55.7 Å². The first kappa shape index (κ1) is 78.5. The van der Waals surface area contributed by atoms with E-state index in [4.69, 9.17) is 50.6 Å². The number of ether oxygens (including phenoxy) is 6. The second-order valence-corrected chi connectivity index (χ2v) is 60.7. The molecular weight excluding hydrogens is 1320 g/mol. The van der Waals surface area contributed by atoms with Crippen LogP contribution in [-0.4, -0.2) is 168 Å². The van der Waals surface area contributed by atoms with Crippen LogP contribution in [0.4, 0.5) is 0 Å². The number of allylic oxidation sites excluding steroid dienone is 1. The number of aliphatic hydroxyl groups is 1. The van der Waals surface area contributed by atoms with Gasteiger partial charge in [-0.1, -0.05) is 152 Å². The molecule has 7 bridgehead atoms. The summed E-state index contributed by atoms with van der Waals surface area (Å²) in [5, 5.41) is 12.1. The third-order valence-electron chi connectivity index (χ3n) is 24.1. The third-order valence-corrected chi connectivity index (χ3v) is 47.8. The van der Waals surface area contributed by atoms with Gasteiger partial charge in [-0.15, -0.1) is 0 Å². The van der Waals surface area contributed by atoms with Gasteiger partial charge in [0.1, 0.15) is 35.8 Å². The van der Waals surface area contributed by atoms with E-state index >= 15 is 4.79 Å². The van der Waals surface area contributed by atoms with Crippen LogP contribution in [0.2, 0.25) is 90.7 Å². The minimum absolute atomic E-state index is 0.0106. The number of halogens is 1. The van der Waals surface area contributed by atoms with E-state index in [1.54, 1.807) is 7.11 Å². The van der Waals surface area contributed by atoms with Crippen LogP contribution in [0, 0.1) is 11.8 Å². The van der Waals surface area contributed by atoms with Gasteiger partial charge in [0, 0.05) is 49.6 Å². The number of hydrogen-bond donors (Lipinski definition) is 1. The monoisotopic (exact) mass is 1450 g/mol. The van der Waals surface area contributed by atoms with E-state index in [9.17, 15) is 5.11 Å². The van der Waals surface area contributed by atoms with E-state index in [-0.39, 0.29) is 104 Å². The number of Topliss-reactive ketones (excluding diaryl/α,β-unsaturated/α-hetero) is 1. The summed E-state index contributed by atoms with van der Waals surface area (Å²) < 4.78 is 81.5. The number of fused-ring (bicyclic) bond motifs is 2. The molecule has 19 heteroatoms. The molecule has 0 aromatic heterocycles. The molecule has 0 aliphatic carbocycles. The lowest BCUT2D eigenvalue weighted by atomic mass is 9.82. The van der Waals surface area contributed by atoms with Crippen LogP contribution in [0.5, 0.6) is 0 Å². The fourth-order valence-electron chi connectivity index (χ4n) is 13.0. The number of carbonyl (C=O) groups is 1. The summed E-state index contributed by atoms with van der Waals surface area (Å²) in [5.74, 6) is -0.302. The Labute approximate surface area is 562 Å². The van der Waals surface area contributed by atoms with Gasteiger partial charge in [0.15, 0.2) is 41.6 Å². The van der Waals surface area contributed by atoms with E-state index in [0.717, 1.165) is 54.9 Å². The molecule has 0 spiro atoms. The van der Waals surface area contributed by atoms with E-state index in [2.05, 4.69) is 218 Å². The molecule has 8 rings (SSSR count). The Morgan fingerprint density at radius 2 is 1.19 bits per heavy atom. The Morgan fingerprint density at radius 3 is 1.74 bits per heavy atom. The number of alkyl halides is 1. The topological polar surface area (TPSA) is 139 Å². The number of hydrogen-bond acceptors (Lipinski definition) is 13. The van der Waals surface area contributed by atoms with Crippen LogP contribution >= 0.6 is 22.6 Å². The molecule has 0 aromatic carbocycles. The number of aliphatic hydroxyl groups excluding tert-OH is 1. The fourth-order valence-corrected chi connectivity index (χ4v) is 20.2. The molecule has 8 heterocycles. The average molecular weight is 1450 g/mol. The summed E-state index contributed by atoms with van der Waals surface area (Å²) in [4.78, 5) is 15.3. The lowest BCUT2D eigenvalue weighted by Gasteiger charge is -2.56. The first-order valence-corrected chi connectivity index (χ1v) is 50.8. The molecule has 5 fully saturated rings. The minimum Gasteiger partial charge on any atom is -0.414 e. The fraction of sp³-hybridized carbons (Fsp3) is 0.929. The van der Waals surface area contributed by atoms with Crippen LogP contribution in [-0.2, 0) is 55.3 Å². The van der Waals surface area contributed by atoms with E-state index in [1.807, 2.05) is 0 Å². The van der Waals surface area contributed by atoms with Gasteiger partial charge in [0.25, 0.3) is 0 Å². The molecule has 8 aliphatic rings. The highest BCUT2D eigenvalue weighted by Gasteiger charge is 2.59. The normalized spacial score (nSPS) is 35.9. The van der Waals surface area contributed by atoms with Crippen molar-refractivity contribution in [3.63, 3.8) is 0 Å². The Hall–Kier alpha value is 0.484. The molecule has 5 saturated heterocycles. The van der Waals surface area contributed by atoms with Crippen molar-refractivity contribution in [2.75, 3.05) is 18.1 Å². The molecule has 0 aromatic rings. The number of ketones is 1. The highest BCUT2D eigenvalue weighted by molar-refractivity contribution is 14.1. The van der Waals surface area contributed by atoms with Crippen molar-refractivity contribution in [2.45, 2.75) is 382 Å². The maximum atomic E-state index is 15.3. The Morgan fingerprint density at radius 1 is 0.640 bits per heavy atom. The number of carbonyl (C=O) groups excluding carboxylic acids is 1. The molecule has 0 amide bonds. The zero-order valence-corrected chi connectivity index (χ0v) is 68.7. The van der Waals surface area contributed by atoms with Crippen LogP contribution in [0.3, 0.4) is 0 Å². The molecule has 89 heavy (non-hydrogen) atoms. The number of methoxy groups -OCH3 is 1. The molecule has 8 unspecified atom stereocenters. The van der Waals surface area contributed by atoms with Gasteiger partial charge in [-0.3, -0.25) is 4.79 Å². The lowest BCUT2D eigenvalue weighted by Crippen LogP contribution is -2.69. The molecule has 1 N–H and O–H groups in total. The molecule has 8 aliphatic heterocycles. The summed E-state index contributed by atoms with van der Waals surface area (Å²) in [5.41, 5.74) is 0.405. The van der Waals surface area contributed by atoms with Crippen molar-refractivity contribution < 1.29 is 60.5 Å². The predicted octanol–water partition coefficient (Wildman–Crippen LogP) is 17.6. The van der Waals surface area contributed by atoms with E-state index in [1.165, 1.54) is 0 Å². The minimum atomic E-state index is -2.54. The molecule has 0 radical (unpaired) electrons. The van der Waals surface area contributed by atoms with Crippen LogP contribution in [0.15, 0.2) is 24.3 Å². The van der Waals surface area contributed by atoms with E-state index < -0.39 is 96.5 Å². The zero-order valence-electron chi connectivity index (χ0n) is 61.5. The molecular formula is C70H133IO13Si5. The van der Waals surface area contributed by atoms with Gasteiger partial charge in [-0.25, -0.2) is 0 Å². The van der Waals surface area contributed by atoms with Crippen LogP contribution < -0.4 is 0 Å². The SMILES string of the molecule is C=C1[C@H](C)CC2CC[C@@H]3OC(CCC/C=C/C(O[Si](C)(C)C(C)(C)C)[C@@H]4O[C@H]5CCC(CC(=O)C[C@H]6[C@H](C[C@H]1O)OC(C[C@@H](CO[Si](C)(C)C(C)(C)C)O[Si](C)(C)C(C)(C)C)[C@@H]6OC)O[C@@H]5C(O[Si](C)(C)C(C)(C)C)C4O[Si](C)(C)C(C)(C)C)CC3(CI)O2. The summed E-state index contributed by atoms with van der Waals surface area (Å²) in [6.07, 6.45) is 7.98. The van der Waals surface area contributed by atoms with Gasteiger partial charge in [0.2, 0.25) is 0 Å².